The maximum atomic E-state index is 11.7. The van der Waals surface area contributed by atoms with Gasteiger partial charge < -0.3 is 11.1 Å². The first-order chi connectivity index (χ1) is 9.22. The number of halogens is 1. The summed E-state index contributed by atoms with van der Waals surface area (Å²) in [6.07, 6.45) is 2.78. The fourth-order valence-electron chi connectivity index (χ4n) is 1.86. The van der Waals surface area contributed by atoms with E-state index in [1.807, 2.05) is 31.2 Å². The molecule has 5 nitrogen and oxygen atoms in total. The summed E-state index contributed by atoms with van der Waals surface area (Å²) in [5, 5.41) is 7.11. The van der Waals surface area contributed by atoms with Crippen molar-refractivity contribution in [1.29, 1.82) is 0 Å². The predicted molar refractivity (Wildman–Crippen MR) is 82.5 cm³/mol. The number of nitrogens with two attached hydrogens (primary N) is 1. The van der Waals surface area contributed by atoms with Crippen molar-refractivity contribution in [2.75, 3.05) is 11.9 Å². The Morgan fingerprint density at radius 1 is 1.35 bits per heavy atom. The number of hydrogen-bond donors (Lipinski definition) is 2. The van der Waals surface area contributed by atoms with E-state index in [-0.39, 0.29) is 18.3 Å². The number of nitrogens with one attached hydrogen (secondary N) is 1. The Labute approximate surface area is 124 Å². The van der Waals surface area contributed by atoms with Gasteiger partial charge in [-0.1, -0.05) is 18.2 Å². The molecule has 6 heteroatoms. The summed E-state index contributed by atoms with van der Waals surface area (Å²) in [5.74, 6) is 0.636. The lowest BCUT2D eigenvalue weighted by Crippen LogP contribution is -2.16. The van der Waals surface area contributed by atoms with Gasteiger partial charge in [-0.05, 0) is 31.5 Å². The summed E-state index contributed by atoms with van der Waals surface area (Å²) >= 11 is 0. The first-order valence-electron chi connectivity index (χ1n) is 6.32. The molecule has 20 heavy (non-hydrogen) atoms. The van der Waals surface area contributed by atoms with Gasteiger partial charge >= 0.3 is 0 Å². The van der Waals surface area contributed by atoms with Crippen LogP contribution in [0.4, 0.5) is 5.82 Å². The summed E-state index contributed by atoms with van der Waals surface area (Å²) in [7, 11) is 0. The van der Waals surface area contributed by atoms with Gasteiger partial charge in [0.15, 0.2) is 0 Å². The number of benzene rings is 1. The highest BCUT2D eigenvalue weighted by Crippen LogP contribution is 2.18. The molecule has 0 radical (unpaired) electrons. The van der Waals surface area contributed by atoms with E-state index in [1.165, 1.54) is 0 Å². The Bertz CT molecular complexity index is 568. The molecule has 0 aliphatic rings. The van der Waals surface area contributed by atoms with Crippen molar-refractivity contribution in [2.45, 2.75) is 19.8 Å². The van der Waals surface area contributed by atoms with E-state index in [0.29, 0.717) is 25.2 Å². The molecule has 0 spiro atoms. The number of aryl methyl sites for hydroxylation is 1. The molecule has 0 aliphatic heterocycles. The Hall–Kier alpha value is -1.85. The maximum absolute atomic E-state index is 11.7. The lowest BCUT2D eigenvalue weighted by Gasteiger charge is -2.10. The van der Waals surface area contributed by atoms with E-state index in [1.54, 1.807) is 16.9 Å². The van der Waals surface area contributed by atoms with Crippen LogP contribution in [0.3, 0.4) is 0 Å². The van der Waals surface area contributed by atoms with Crippen molar-refractivity contribution in [3.05, 3.63) is 42.1 Å². The van der Waals surface area contributed by atoms with Gasteiger partial charge in [0.2, 0.25) is 5.91 Å². The van der Waals surface area contributed by atoms with Crippen LogP contribution in [0, 0.1) is 6.92 Å². The molecule has 0 bridgehead atoms. The van der Waals surface area contributed by atoms with Crippen LogP contribution in [-0.2, 0) is 4.79 Å². The third kappa shape index (κ3) is 3.82. The Morgan fingerprint density at radius 2 is 2.10 bits per heavy atom. The van der Waals surface area contributed by atoms with Gasteiger partial charge in [0.1, 0.15) is 5.82 Å². The number of carbonyl (C=O) groups excluding carboxylic acids is 1. The SMILES string of the molecule is Cc1ccccc1-n1nccc1NC(=O)CCCN.Cl. The van der Waals surface area contributed by atoms with Crippen LogP contribution in [0.5, 0.6) is 0 Å². The molecule has 0 saturated carbocycles. The molecule has 1 heterocycles. The zero-order valence-electron chi connectivity index (χ0n) is 11.4. The van der Waals surface area contributed by atoms with Gasteiger partial charge in [-0.15, -0.1) is 12.4 Å². The average molecular weight is 295 g/mol. The minimum Gasteiger partial charge on any atom is -0.330 e. The molecular formula is C14H19ClN4O. The van der Waals surface area contributed by atoms with E-state index < -0.39 is 0 Å². The fraction of sp³-hybridized carbons (Fsp3) is 0.286. The molecule has 3 N–H and O–H groups in total. The molecule has 0 unspecified atom stereocenters. The molecule has 108 valence electrons. The molecule has 1 amide bonds. The molecule has 0 fully saturated rings. The number of carbonyl (C=O) groups is 1. The van der Waals surface area contributed by atoms with Crippen molar-refractivity contribution in [2.24, 2.45) is 5.73 Å². The third-order valence-corrected chi connectivity index (χ3v) is 2.86. The number of hydrogen-bond acceptors (Lipinski definition) is 3. The molecule has 2 rings (SSSR count). The number of aromatic nitrogens is 2. The number of rotatable bonds is 5. The van der Waals surface area contributed by atoms with Crippen LogP contribution in [0.25, 0.3) is 5.69 Å². The lowest BCUT2D eigenvalue weighted by atomic mass is 10.2. The maximum Gasteiger partial charge on any atom is 0.225 e. The normalized spacial score (nSPS) is 9.90. The molecule has 0 aliphatic carbocycles. The van der Waals surface area contributed by atoms with Crippen LogP contribution in [0.1, 0.15) is 18.4 Å². The Morgan fingerprint density at radius 3 is 2.80 bits per heavy atom. The van der Waals surface area contributed by atoms with Crippen molar-refractivity contribution < 1.29 is 4.79 Å². The minimum absolute atomic E-state index is 0. The first kappa shape index (κ1) is 16.2. The minimum atomic E-state index is -0.0409. The van der Waals surface area contributed by atoms with E-state index in [9.17, 15) is 4.79 Å². The van der Waals surface area contributed by atoms with Crippen molar-refractivity contribution >= 4 is 24.1 Å². The number of nitrogens with zero attached hydrogens (tertiary/aromatic N) is 2. The largest absolute Gasteiger partial charge is 0.330 e. The van der Waals surface area contributed by atoms with E-state index in [4.69, 9.17) is 5.73 Å². The second-order valence-corrected chi connectivity index (χ2v) is 4.36. The number of anilines is 1. The molecule has 0 atom stereocenters. The number of amides is 1. The second-order valence-electron chi connectivity index (χ2n) is 4.36. The smallest absolute Gasteiger partial charge is 0.225 e. The average Bonchev–Trinajstić information content (AvgIpc) is 2.85. The zero-order valence-corrected chi connectivity index (χ0v) is 12.2. The first-order valence-corrected chi connectivity index (χ1v) is 6.32. The van der Waals surface area contributed by atoms with Crippen molar-refractivity contribution in [3.63, 3.8) is 0 Å². The highest BCUT2D eigenvalue weighted by atomic mass is 35.5. The van der Waals surface area contributed by atoms with E-state index >= 15 is 0 Å². The van der Waals surface area contributed by atoms with Gasteiger partial charge in [0.05, 0.1) is 11.9 Å². The summed E-state index contributed by atoms with van der Waals surface area (Å²) in [4.78, 5) is 11.7. The standard InChI is InChI=1S/C14H18N4O.ClH/c1-11-5-2-3-6-12(11)18-13(8-10-16-18)17-14(19)7-4-9-15;/h2-3,5-6,8,10H,4,7,9,15H2,1H3,(H,17,19);1H. The van der Waals surface area contributed by atoms with Crippen LogP contribution in [0.2, 0.25) is 0 Å². The van der Waals surface area contributed by atoms with Crippen LogP contribution in [0.15, 0.2) is 36.5 Å². The molecular weight excluding hydrogens is 276 g/mol. The highest BCUT2D eigenvalue weighted by molar-refractivity contribution is 5.90. The fourth-order valence-corrected chi connectivity index (χ4v) is 1.86. The van der Waals surface area contributed by atoms with Crippen LogP contribution >= 0.6 is 12.4 Å². The Balaban J connectivity index is 0.00000200. The monoisotopic (exact) mass is 294 g/mol. The molecule has 2 aromatic rings. The van der Waals surface area contributed by atoms with Gasteiger partial charge in [-0.2, -0.15) is 5.10 Å². The van der Waals surface area contributed by atoms with Gasteiger partial charge in [0.25, 0.3) is 0 Å². The molecule has 1 aromatic carbocycles. The Kier molecular flexibility index (Phi) is 6.21. The van der Waals surface area contributed by atoms with Crippen molar-refractivity contribution in [1.82, 2.24) is 9.78 Å². The van der Waals surface area contributed by atoms with Gasteiger partial charge in [-0.25, -0.2) is 4.68 Å². The quantitative estimate of drug-likeness (QED) is 0.888. The summed E-state index contributed by atoms with van der Waals surface area (Å²) in [6.45, 7) is 2.53. The topological polar surface area (TPSA) is 72.9 Å². The summed E-state index contributed by atoms with van der Waals surface area (Å²) in [6, 6.07) is 9.69. The predicted octanol–water partition coefficient (Wildman–Crippen LogP) is 2.28. The van der Waals surface area contributed by atoms with Gasteiger partial charge in [-0.3, -0.25) is 4.79 Å². The molecule has 0 saturated heterocycles. The van der Waals surface area contributed by atoms with E-state index in [2.05, 4.69) is 10.4 Å². The number of para-hydroxylation sites is 1. The second kappa shape index (κ2) is 7.67. The zero-order chi connectivity index (χ0) is 13.7. The van der Waals surface area contributed by atoms with Gasteiger partial charge in [0, 0.05) is 12.5 Å². The third-order valence-electron chi connectivity index (χ3n) is 2.86. The van der Waals surface area contributed by atoms with Crippen molar-refractivity contribution in [3.8, 4) is 5.69 Å². The summed E-state index contributed by atoms with van der Waals surface area (Å²) in [5.41, 5.74) is 7.45. The highest BCUT2D eigenvalue weighted by Gasteiger charge is 2.09. The molecule has 1 aromatic heterocycles. The lowest BCUT2D eigenvalue weighted by molar-refractivity contribution is -0.116. The van der Waals surface area contributed by atoms with E-state index in [0.717, 1.165) is 11.3 Å². The van der Waals surface area contributed by atoms with Crippen LogP contribution in [-0.4, -0.2) is 22.2 Å². The summed E-state index contributed by atoms with van der Waals surface area (Å²) < 4.78 is 1.73. The van der Waals surface area contributed by atoms with Crippen LogP contribution < -0.4 is 11.1 Å².